The summed E-state index contributed by atoms with van der Waals surface area (Å²) in [6.07, 6.45) is 0. The average molecular weight is 411 g/mol. The smallest absolute Gasteiger partial charge is 0.279 e. The number of rotatable bonds is 5. The van der Waals surface area contributed by atoms with Crippen molar-refractivity contribution in [3.63, 3.8) is 0 Å². The van der Waals surface area contributed by atoms with Crippen LogP contribution in [0.2, 0.25) is 0 Å². The van der Waals surface area contributed by atoms with Gasteiger partial charge in [-0.1, -0.05) is 29.8 Å². The summed E-state index contributed by atoms with van der Waals surface area (Å²) < 4.78 is 13.0. The average Bonchev–Trinajstić information content (AvgIpc) is 3.21. The minimum absolute atomic E-state index is 0.280. The van der Waals surface area contributed by atoms with Crippen LogP contribution in [-0.2, 0) is 4.79 Å². The minimum Gasteiger partial charge on any atom is -0.343 e. The van der Waals surface area contributed by atoms with E-state index in [0.29, 0.717) is 10.4 Å². The maximum absolute atomic E-state index is 13.0. The molecule has 0 aliphatic carbocycles. The largest absolute Gasteiger partial charge is 0.343 e. The quantitative estimate of drug-likeness (QED) is 0.564. The normalized spacial score (nSPS) is 10.3. The van der Waals surface area contributed by atoms with E-state index in [-0.39, 0.29) is 18.3 Å². The third-order valence-corrected chi connectivity index (χ3v) is 5.13. The molecule has 0 aliphatic heterocycles. The lowest BCUT2D eigenvalue weighted by Gasteiger charge is -2.08. The van der Waals surface area contributed by atoms with E-state index in [1.54, 1.807) is 48.5 Å². The zero-order valence-electron chi connectivity index (χ0n) is 15.5. The topological polar surface area (TPSA) is 87.3 Å². The van der Waals surface area contributed by atoms with Gasteiger partial charge in [0.15, 0.2) is 0 Å². The molecule has 0 aliphatic rings. The highest BCUT2D eigenvalue weighted by molar-refractivity contribution is 7.17. The molecule has 2 aromatic carbocycles. The van der Waals surface area contributed by atoms with Crippen LogP contribution in [0.25, 0.3) is 10.4 Å². The number of aryl methyl sites for hydroxylation is 1. The number of carbonyl (C=O) groups is 3. The Bertz CT molecular complexity index is 1030. The number of hydrogen-bond donors (Lipinski definition) is 3. The van der Waals surface area contributed by atoms with Gasteiger partial charge in [0.2, 0.25) is 0 Å². The Hall–Kier alpha value is -3.52. The van der Waals surface area contributed by atoms with Crippen molar-refractivity contribution in [3.8, 4) is 10.4 Å². The van der Waals surface area contributed by atoms with Gasteiger partial charge in [0.1, 0.15) is 5.82 Å². The molecule has 3 aromatic rings. The second-order valence-electron chi connectivity index (χ2n) is 6.22. The zero-order chi connectivity index (χ0) is 20.8. The molecule has 0 saturated heterocycles. The van der Waals surface area contributed by atoms with Gasteiger partial charge in [-0.15, -0.1) is 11.3 Å². The fourth-order valence-corrected chi connectivity index (χ4v) is 3.34. The highest BCUT2D eigenvalue weighted by atomic mass is 32.1. The van der Waals surface area contributed by atoms with E-state index < -0.39 is 11.8 Å². The van der Waals surface area contributed by atoms with Crippen LogP contribution in [0.3, 0.4) is 0 Å². The standard InChI is InChI=1S/C21H18FN3O3S/c1-13-2-4-15(5-3-13)20(27)23-12-19(26)24-25-21(28)18-11-10-17(29-18)14-6-8-16(22)9-7-14/h2-11H,12H2,1H3,(H,23,27)(H,24,26)(H,25,28). The van der Waals surface area contributed by atoms with Crippen molar-refractivity contribution in [2.45, 2.75) is 6.92 Å². The molecular formula is C21H18FN3O3S. The molecule has 0 atom stereocenters. The highest BCUT2D eigenvalue weighted by Crippen LogP contribution is 2.28. The van der Waals surface area contributed by atoms with E-state index >= 15 is 0 Å². The van der Waals surface area contributed by atoms with Crippen LogP contribution >= 0.6 is 11.3 Å². The molecule has 0 fully saturated rings. The molecule has 3 amide bonds. The molecule has 0 bridgehead atoms. The molecule has 1 aromatic heterocycles. The number of halogens is 1. The fourth-order valence-electron chi connectivity index (χ4n) is 2.43. The third kappa shape index (κ3) is 5.49. The summed E-state index contributed by atoms with van der Waals surface area (Å²) in [5.41, 5.74) is 6.82. The van der Waals surface area contributed by atoms with E-state index in [0.717, 1.165) is 16.0 Å². The molecule has 1 heterocycles. The van der Waals surface area contributed by atoms with Gasteiger partial charge in [0.05, 0.1) is 11.4 Å². The van der Waals surface area contributed by atoms with Crippen LogP contribution in [0.4, 0.5) is 4.39 Å². The van der Waals surface area contributed by atoms with Gasteiger partial charge in [-0.3, -0.25) is 25.2 Å². The van der Waals surface area contributed by atoms with Crippen molar-refractivity contribution in [1.29, 1.82) is 0 Å². The Balaban J connectivity index is 1.47. The van der Waals surface area contributed by atoms with Crippen LogP contribution in [-0.4, -0.2) is 24.3 Å². The van der Waals surface area contributed by atoms with Crippen molar-refractivity contribution < 1.29 is 18.8 Å². The second-order valence-corrected chi connectivity index (χ2v) is 7.31. The summed E-state index contributed by atoms with van der Waals surface area (Å²) in [4.78, 5) is 37.2. The molecule has 3 N–H and O–H groups in total. The molecule has 6 nitrogen and oxygen atoms in total. The number of hydrazine groups is 1. The summed E-state index contributed by atoms with van der Waals surface area (Å²) in [6, 6.07) is 16.2. The molecule has 3 rings (SSSR count). The van der Waals surface area contributed by atoms with Gasteiger partial charge in [0, 0.05) is 10.4 Å². The Labute approximate surface area is 170 Å². The Morgan fingerprint density at radius 3 is 2.24 bits per heavy atom. The summed E-state index contributed by atoms with van der Waals surface area (Å²) in [7, 11) is 0. The van der Waals surface area contributed by atoms with E-state index in [9.17, 15) is 18.8 Å². The maximum Gasteiger partial charge on any atom is 0.279 e. The van der Waals surface area contributed by atoms with Crippen LogP contribution in [0.1, 0.15) is 25.6 Å². The van der Waals surface area contributed by atoms with E-state index in [1.165, 1.54) is 23.5 Å². The minimum atomic E-state index is -0.561. The molecule has 148 valence electrons. The first-order valence-electron chi connectivity index (χ1n) is 8.72. The van der Waals surface area contributed by atoms with Crippen LogP contribution in [0.15, 0.2) is 60.7 Å². The Morgan fingerprint density at radius 1 is 0.862 bits per heavy atom. The maximum atomic E-state index is 13.0. The summed E-state index contributed by atoms with van der Waals surface area (Å²) >= 11 is 1.21. The molecule has 29 heavy (non-hydrogen) atoms. The number of amides is 3. The number of benzene rings is 2. The lowest BCUT2D eigenvalue weighted by atomic mass is 10.1. The Kier molecular flexibility index (Phi) is 6.36. The summed E-state index contributed by atoms with van der Waals surface area (Å²) in [6.45, 7) is 1.63. The summed E-state index contributed by atoms with van der Waals surface area (Å²) in [5.74, 6) is -1.76. The molecule has 0 spiro atoms. The molecule has 0 saturated carbocycles. The van der Waals surface area contributed by atoms with Crippen LogP contribution < -0.4 is 16.2 Å². The van der Waals surface area contributed by atoms with Crippen molar-refractivity contribution in [2.75, 3.05) is 6.54 Å². The number of carbonyl (C=O) groups excluding carboxylic acids is 3. The SMILES string of the molecule is Cc1ccc(C(=O)NCC(=O)NNC(=O)c2ccc(-c3ccc(F)cc3)s2)cc1. The van der Waals surface area contributed by atoms with E-state index in [4.69, 9.17) is 0 Å². The number of hydrogen-bond acceptors (Lipinski definition) is 4. The predicted molar refractivity (Wildman–Crippen MR) is 109 cm³/mol. The molecule has 0 unspecified atom stereocenters. The van der Waals surface area contributed by atoms with Gasteiger partial charge in [-0.25, -0.2) is 4.39 Å². The third-order valence-electron chi connectivity index (χ3n) is 4.00. The van der Waals surface area contributed by atoms with Crippen molar-refractivity contribution in [2.24, 2.45) is 0 Å². The number of thiophene rings is 1. The van der Waals surface area contributed by atoms with E-state index in [2.05, 4.69) is 16.2 Å². The first kappa shape index (κ1) is 20.2. The van der Waals surface area contributed by atoms with Crippen LogP contribution in [0, 0.1) is 12.7 Å². The van der Waals surface area contributed by atoms with Gasteiger partial charge < -0.3 is 5.32 Å². The predicted octanol–water partition coefficient (Wildman–Crippen LogP) is 3.05. The second kappa shape index (κ2) is 9.11. The van der Waals surface area contributed by atoms with Gasteiger partial charge >= 0.3 is 0 Å². The fraction of sp³-hybridized carbons (Fsp3) is 0.0952. The Morgan fingerprint density at radius 2 is 1.55 bits per heavy atom. The summed E-state index contributed by atoms with van der Waals surface area (Å²) in [5, 5.41) is 2.48. The van der Waals surface area contributed by atoms with E-state index in [1.807, 2.05) is 6.92 Å². The zero-order valence-corrected chi connectivity index (χ0v) is 16.3. The number of nitrogens with one attached hydrogen (secondary N) is 3. The van der Waals surface area contributed by atoms with Crippen molar-refractivity contribution >= 4 is 29.1 Å². The molecular weight excluding hydrogens is 393 g/mol. The first-order valence-corrected chi connectivity index (χ1v) is 9.54. The van der Waals surface area contributed by atoms with Crippen LogP contribution in [0.5, 0.6) is 0 Å². The highest BCUT2D eigenvalue weighted by Gasteiger charge is 2.12. The van der Waals surface area contributed by atoms with Crippen molar-refractivity contribution in [1.82, 2.24) is 16.2 Å². The van der Waals surface area contributed by atoms with Gasteiger partial charge in [-0.2, -0.15) is 0 Å². The lowest BCUT2D eigenvalue weighted by Crippen LogP contribution is -2.46. The van der Waals surface area contributed by atoms with Gasteiger partial charge in [0.25, 0.3) is 17.7 Å². The molecule has 8 heteroatoms. The lowest BCUT2D eigenvalue weighted by molar-refractivity contribution is -0.120. The van der Waals surface area contributed by atoms with Gasteiger partial charge in [-0.05, 0) is 48.9 Å². The first-order chi connectivity index (χ1) is 13.9. The molecule has 0 radical (unpaired) electrons. The monoisotopic (exact) mass is 411 g/mol. The van der Waals surface area contributed by atoms with Crippen molar-refractivity contribution in [3.05, 3.63) is 82.5 Å².